The molecule has 0 radical (unpaired) electrons. The number of nitrogens with two attached hydrogens (primary N) is 2. The highest BCUT2D eigenvalue weighted by atomic mass is 32.2. The highest BCUT2D eigenvalue weighted by Crippen LogP contribution is 2.11. The molecule has 0 fully saturated rings. The number of rotatable bonds is 33. The van der Waals surface area contributed by atoms with Crippen molar-refractivity contribution in [2.45, 2.75) is 142 Å². The molecule has 0 saturated heterocycles. The first-order valence-electron chi connectivity index (χ1n) is 17.5. The Bertz CT molecular complexity index is 678. The number of unbranched alkanes of at least 4 members (excludes halogenated alkanes) is 12. The van der Waals surface area contributed by atoms with Gasteiger partial charge in [-0.15, -0.1) is 0 Å². The second kappa shape index (κ2) is 34.5. The minimum absolute atomic E-state index is 0.0886. The SMILES string of the molecule is CCCCCCCCCOC(=O)CCSCCCC(N)=NCCN=C(N)CCCSCCC(=O)OCCCCCCCCC. The standard InChI is InChI=1S/C34H66N4O4S2/c1-3-5-7-9-11-13-15-25-41-33(39)21-29-43-27-17-19-31(35)37-23-24-38-32(36)20-18-28-44-30-22-34(40)42-26-16-14-12-10-8-6-4-2/h3-30H2,1-2H3,(H2,35,37)(H2,36,38). The molecule has 0 heterocycles. The molecule has 0 amide bonds. The van der Waals surface area contributed by atoms with Crippen LogP contribution in [0.15, 0.2) is 9.98 Å². The highest BCUT2D eigenvalue weighted by molar-refractivity contribution is 7.99. The van der Waals surface area contributed by atoms with Gasteiger partial charge in [0.1, 0.15) is 0 Å². The van der Waals surface area contributed by atoms with Crippen LogP contribution in [0.2, 0.25) is 0 Å². The van der Waals surface area contributed by atoms with Crippen LogP contribution in [0.5, 0.6) is 0 Å². The van der Waals surface area contributed by atoms with E-state index in [9.17, 15) is 9.59 Å². The van der Waals surface area contributed by atoms with Gasteiger partial charge >= 0.3 is 11.9 Å². The number of esters is 2. The number of thioether (sulfide) groups is 2. The molecule has 0 aromatic rings. The Hall–Kier alpha value is -1.42. The van der Waals surface area contributed by atoms with Gasteiger partial charge in [0.25, 0.3) is 0 Å². The molecule has 0 rings (SSSR count). The lowest BCUT2D eigenvalue weighted by molar-refractivity contribution is -0.144. The monoisotopic (exact) mass is 658 g/mol. The van der Waals surface area contributed by atoms with Crippen LogP contribution in [0, 0.1) is 0 Å². The Labute approximate surface area is 278 Å². The van der Waals surface area contributed by atoms with Crippen LogP contribution in [0.3, 0.4) is 0 Å². The average molecular weight is 659 g/mol. The summed E-state index contributed by atoms with van der Waals surface area (Å²) in [4.78, 5) is 32.5. The zero-order valence-electron chi connectivity index (χ0n) is 28.3. The molecule has 0 bridgehead atoms. The molecule has 8 nitrogen and oxygen atoms in total. The molecule has 0 aromatic heterocycles. The molecule has 0 aromatic carbocycles. The lowest BCUT2D eigenvalue weighted by atomic mass is 10.1. The number of amidine groups is 2. The van der Waals surface area contributed by atoms with Gasteiger partial charge in [-0.05, 0) is 37.2 Å². The van der Waals surface area contributed by atoms with E-state index in [4.69, 9.17) is 20.9 Å². The molecule has 4 N–H and O–H groups in total. The average Bonchev–Trinajstić information content (AvgIpc) is 3.01. The molecule has 0 aliphatic carbocycles. The van der Waals surface area contributed by atoms with Crippen LogP contribution in [-0.4, -0.2) is 72.9 Å². The second-order valence-corrected chi connectivity index (χ2v) is 13.8. The summed E-state index contributed by atoms with van der Waals surface area (Å²) in [6.45, 7) is 6.64. The van der Waals surface area contributed by atoms with Gasteiger partial charge in [-0.25, -0.2) is 0 Å². The van der Waals surface area contributed by atoms with Gasteiger partial charge in [-0.3, -0.25) is 19.6 Å². The number of hydrogen-bond donors (Lipinski definition) is 2. The Morgan fingerprint density at radius 3 is 1.25 bits per heavy atom. The van der Waals surface area contributed by atoms with Crippen molar-refractivity contribution in [1.29, 1.82) is 0 Å². The number of aliphatic imine (C=N–C) groups is 2. The van der Waals surface area contributed by atoms with E-state index < -0.39 is 0 Å². The lowest BCUT2D eigenvalue weighted by Crippen LogP contribution is -2.15. The topological polar surface area (TPSA) is 129 Å². The van der Waals surface area contributed by atoms with Crippen molar-refractivity contribution in [2.75, 3.05) is 49.3 Å². The lowest BCUT2D eigenvalue weighted by Gasteiger charge is -2.05. The van der Waals surface area contributed by atoms with Crippen molar-refractivity contribution in [3.05, 3.63) is 0 Å². The fourth-order valence-electron chi connectivity index (χ4n) is 4.41. The molecular weight excluding hydrogens is 593 g/mol. The highest BCUT2D eigenvalue weighted by Gasteiger charge is 2.04. The molecule has 0 saturated carbocycles. The van der Waals surface area contributed by atoms with Crippen LogP contribution in [0.25, 0.3) is 0 Å². The summed E-state index contributed by atoms with van der Waals surface area (Å²) >= 11 is 3.51. The van der Waals surface area contributed by atoms with Gasteiger partial charge in [-0.1, -0.05) is 90.9 Å². The van der Waals surface area contributed by atoms with Crippen molar-refractivity contribution in [3.8, 4) is 0 Å². The molecule has 0 spiro atoms. The summed E-state index contributed by atoms with van der Waals surface area (Å²) in [5, 5.41) is 0. The molecule has 44 heavy (non-hydrogen) atoms. The van der Waals surface area contributed by atoms with Crippen LogP contribution in [0.4, 0.5) is 0 Å². The molecule has 258 valence electrons. The quantitative estimate of drug-likeness (QED) is 0.0313. The Morgan fingerprint density at radius 2 is 0.864 bits per heavy atom. The summed E-state index contributed by atoms with van der Waals surface area (Å²) in [6.07, 6.45) is 21.4. The van der Waals surface area contributed by atoms with Gasteiger partial charge < -0.3 is 20.9 Å². The normalized spacial score (nSPS) is 12.0. The van der Waals surface area contributed by atoms with E-state index in [0.717, 1.165) is 74.4 Å². The number of nitrogens with zero attached hydrogens (tertiary/aromatic N) is 2. The van der Waals surface area contributed by atoms with E-state index in [2.05, 4.69) is 23.8 Å². The molecule has 10 heteroatoms. The largest absolute Gasteiger partial charge is 0.466 e. The Kier molecular flexibility index (Phi) is 33.3. The van der Waals surface area contributed by atoms with Crippen molar-refractivity contribution in [3.63, 3.8) is 0 Å². The zero-order valence-corrected chi connectivity index (χ0v) is 29.9. The number of hydrogen-bond acceptors (Lipinski definition) is 8. The van der Waals surface area contributed by atoms with Crippen LogP contribution >= 0.6 is 23.5 Å². The number of ether oxygens (including phenoxy) is 2. The molecule has 0 unspecified atom stereocenters. The second-order valence-electron chi connectivity index (χ2n) is 11.4. The third kappa shape index (κ3) is 33.5. The minimum atomic E-state index is -0.0886. The fraction of sp³-hybridized carbons (Fsp3) is 0.882. The van der Waals surface area contributed by atoms with Gasteiger partial charge in [0.2, 0.25) is 0 Å². The van der Waals surface area contributed by atoms with Gasteiger partial charge in [0, 0.05) is 24.3 Å². The maximum absolute atomic E-state index is 11.8. The summed E-state index contributed by atoms with van der Waals surface area (Å²) < 4.78 is 10.7. The molecule has 0 atom stereocenters. The first-order valence-corrected chi connectivity index (χ1v) is 19.8. The van der Waals surface area contributed by atoms with Crippen molar-refractivity contribution in [2.24, 2.45) is 21.5 Å². The summed E-state index contributed by atoms with van der Waals surface area (Å²) in [5.74, 6) is 4.58. The van der Waals surface area contributed by atoms with E-state index in [1.807, 2.05) is 0 Å². The van der Waals surface area contributed by atoms with Crippen molar-refractivity contribution in [1.82, 2.24) is 0 Å². The number of carbonyl (C=O) groups is 2. The summed E-state index contributed by atoms with van der Waals surface area (Å²) in [7, 11) is 0. The van der Waals surface area contributed by atoms with Gasteiger partial charge in [0.05, 0.1) is 50.8 Å². The van der Waals surface area contributed by atoms with E-state index in [-0.39, 0.29) is 11.9 Å². The molecule has 0 aliphatic heterocycles. The van der Waals surface area contributed by atoms with Crippen LogP contribution < -0.4 is 11.5 Å². The summed E-state index contributed by atoms with van der Waals surface area (Å²) in [5.41, 5.74) is 12.1. The van der Waals surface area contributed by atoms with E-state index >= 15 is 0 Å². The van der Waals surface area contributed by atoms with Gasteiger partial charge in [0.15, 0.2) is 0 Å². The molecular formula is C34H66N4O4S2. The predicted octanol–water partition coefficient (Wildman–Crippen LogP) is 8.10. The minimum Gasteiger partial charge on any atom is -0.466 e. The van der Waals surface area contributed by atoms with Crippen LogP contribution in [-0.2, 0) is 19.1 Å². The van der Waals surface area contributed by atoms with Gasteiger partial charge in [-0.2, -0.15) is 23.5 Å². The number of carbonyl (C=O) groups excluding carboxylic acids is 2. The third-order valence-electron chi connectivity index (χ3n) is 7.10. The summed E-state index contributed by atoms with van der Waals surface area (Å²) in [6, 6.07) is 0. The van der Waals surface area contributed by atoms with E-state index in [0.29, 0.717) is 50.8 Å². The zero-order chi connectivity index (χ0) is 32.4. The smallest absolute Gasteiger partial charge is 0.306 e. The predicted molar refractivity (Wildman–Crippen MR) is 193 cm³/mol. The first-order chi connectivity index (χ1) is 21.5. The van der Waals surface area contributed by atoms with E-state index in [1.165, 1.54) is 64.2 Å². The Morgan fingerprint density at radius 1 is 0.500 bits per heavy atom. The van der Waals surface area contributed by atoms with Crippen molar-refractivity contribution < 1.29 is 19.1 Å². The Balaban J connectivity index is 3.56. The maximum atomic E-state index is 11.8. The van der Waals surface area contributed by atoms with Crippen LogP contribution in [0.1, 0.15) is 142 Å². The maximum Gasteiger partial charge on any atom is 0.306 e. The molecule has 0 aliphatic rings. The van der Waals surface area contributed by atoms with Crippen molar-refractivity contribution >= 4 is 47.1 Å². The fourth-order valence-corrected chi connectivity index (χ4v) is 6.13. The third-order valence-corrected chi connectivity index (χ3v) is 9.24. The van der Waals surface area contributed by atoms with E-state index in [1.54, 1.807) is 23.5 Å². The first kappa shape index (κ1) is 42.6.